The number of aliphatic hydroxyl groups is 1. The molecule has 4 unspecified atom stereocenters. The highest BCUT2D eigenvalue weighted by molar-refractivity contribution is 6.31. The van der Waals surface area contributed by atoms with Crippen LogP contribution < -0.4 is 16.5 Å². The number of nitrogens with one attached hydrogen (secondary N) is 2. The molecular weight excluding hydrogens is 458 g/mol. The first-order chi connectivity index (χ1) is 16.4. The Bertz CT molecular complexity index is 1150. The number of hydrogen-bond donors (Lipinski definition) is 5. The molecule has 4 rings (SSSR count). The van der Waals surface area contributed by atoms with Gasteiger partial charge in [0.2, 0.25) is 5.91 Å². The lowest BCUT2D eigenvalue weighted by molar-refractivity contribution is -0.175. The summed E-state index contributed by atoms with van der Waals surface area (Å²) in [6, 6.07) is 1.69. The molecule has 1 aromatic carbocycles. The molecule has 35 heavy (non-hydrogen) atoms. The molecule has 0 bridgehead atoms. The highest BCUT2D eigenvalue weighted by Gasteiger charge is 2.66. The summed E-state index contributed by atoms with van der Waals surface area (Å²) in [5, 5.41) is 25.2. The summed E-state index contributed by atoms with van der Waals surface area (Å²) in [6.07, 6.45) is -0.225. The number of fused-ring (bicyclic) bond motifs is 3. The molecule has 11 nitrogen and oxygen atoms in total. The lowest BCUT2D eigenvalue weighted by Crippen LogP contribution is -2.68. The third-order valence-electron chi connectivity index (χ3n) is 7.33. The van der Waals surface area contributed by atoms with Gasteiger partial charge in [-0.2, -0.15) is 5.48 Å². The largest absolute Gasteiger partial charge is 0.507 e. The van der Waals surface area contributed by atoms with Crippen molar-refractivity contribution in [3.05, 3.63) is 22.8 Å². The van der Waals surface area contributed by atoms with Crippen molar-refractivity contribution in [3.8, 4) is 5.75 Å². The molecule has 3 aliphatic rings. The molecule has 188 valence electrons. The molecule has 3 aliphatic carbocycles. The topological polar surface area (TPSA) is 185 Å². The van der Waals surface area contributed by atoms with Crippen LogP contribution >= 0.6 is 0 Å². The fourth-order valence-corrected chi connectivity index (χ4v) is 5.73. The Balaban J connectivity index is 1.76. The van der Waals surface area contributed by atoms with Crippen LogP contribution in [0.3, 0.4) is 0 Å². The number of nitrogens with two attached hydrogens (primary N) is 1. The zero-order valence-electron chi connectivity index (χ0n) is 19.7. The van der Waals surface area contributed by atoms with Crippen molar-refractivity contribution >= 4 is 34.7 Å². The number of Topliss-reactive ketones (excluding diaryl/α,β-unsaturated/α-hetero) is 4. The highest BCUT2D eigenvalue weighted by atomic mass is 16.7. The average Bonchev–Trinajstić information content (AvgIpc) is 2.77. The van der Waals surface area contributed by atoms with Gasteiger partial charge in [-0.05, 0) is 44.2 Å². The third-order valence-corrected chi connectivity index (χ3v) is 7.33. The van der Waals surface area contributed by atoms with Crippen LogP contribution in [-0.4, -0.2) is 58.0 Å². The summed E-state index contributed by atoms with van der Waals surface area (Å²) in [4.78, 5) is 69.6. The lowest BCUT2D eigenvalue weighted by atomic mass is 9.53. The summed E-state index contributed by atoms with van der Waals surface area (Å²) in [5.74, 6) is -10.3. The maximum absolute atomic E-state index is 13.6. The molecule has 0 saturated heterocycles. The summed E-state index contributed by atoms with van der Waals surface area (Å²) in [5.41, 5.74) is 6.67. The number of primary amides is 1. The van der Waals surface area contributed by atoms with Crippen molar-refractivity contribution in [2.24, 2.45) is 29.4 Å². The molecular formula is C24H29N3O8. The van der Waals surface area contributed by atoms with Crippen molar-refractivity contribution in [1.29, 1.82) is 0 Å². The summed E-state index contributed by atoms with van der Waals surface area (Å²) in [6.45, 7) is 3.71. The minimum Gasteiger partial charge on any atom is -0.507 e. The van der Waals surface area contributed by atoms with Crippen LogP contribution in [0.15, 0.2) is 6.07 Å². The van der Waals surface area contributed by atoms with E-state index in [4.69, 9.17) is 10.6 Å². The minimum absolute atomic E-state index is 0.0521. The lowest BCUT2D eigenvalue weighted by Gasteiger charge is -2.48. The third kappa shape index (κ3) is 3.74. The van der Waals surface area contributed by atoms with Crippen LogP contribution in [0, 0.1) is 23.7 Å². The van der Waals surface area contributed by atoms with E-state index in [9.17, 15) is 34.2 Å². The number of carbonyl (C=O) groups is 5. The first-order valence-corrected chi connectivity index (χ1v) is 11.5. The van der Waals surface area contributed by atoms with Crippen molar-refractivity contribution in [2.75, 3.05) is 12.4 Å². The van der Waals surface area contributed by atoms with Gasteiger partial charge in [-0.1, -0.05) is 0 Å². The smallest absolute Gasteiger partial charge is 0.235 e. The Morgan fingerprint density at radius 2 is 1.91 bits per heavy atom. The molecule has 1 amide bonds. The zero-order chi connectivity index (χ0) is 25.8. The van der Waals surface area contributed by atoms with Crippen LogP contribution in [0.4, 0.5) is 5.69 Å². The second-order valence-electron chi connectivity index (χ2n) is 9.76. The van der Waals surface area contributed by atoms with E-state index in [1.165, 1.54) is 0 Å². The average molecular weight is 488 g/mol. The quantitative estimate of drug-likeness (QED) is 0.204. The first-order valence-electron chi connectivity index (χ1n) is 11.5. The molecule has 2 fully saturated rings. The van der Waals surface area contributed by atoms with E-state index >= 15 is 0 Å². The molecule has 0 aliphatic heterocycles. The predicted molar refractivity (Wildman–Crippen MR) is 121 cm³/mol. The molecule has 5 atom stereocenters. The maximum atomic E-state index is 13.6. The van der Waals surface area contributed by atoms with Gasteiger partial charge in [0, 0.05) is 37.2 Å². The monoisotopic (exact) mass is 487 g/mol. The van der Waals surface area contributed by atoms with E-state index in [-0.39, 0.29) is 43.2 Å². The number of rotatable bonds is 6. The molecule has 1 aromatic rings. The fraction of sp³-hybridized carbons (Fsp3) is 0.542. The molecule has 0 aromatic heterocycles. The standard InChI is InChI=1S/C24H29N3O8/c1-9(2)35-27-8-11-6-14(26-3)13-5-10-4-12-7-15(28)18(23(25)33)22(32)24(12,34)21(31)16(10)20(30)17(13)19(11)29/h6,9-10,12,16,18,26-27,29,34H,4-5,7-8H2,1-3H3,(H2,25,33)/t10?,12?,16?,18?,24-/m0/s1. The summed E-state index contributed by atoms with van der Waals surface area (Å²) in [7, 11) is 1.66. The number of anilines is 1. The van der Waals surface area contributed by atoms with E-state index in [1.807, 2.05) is 13.8 Å². The van der Waals surface area contributed by atoms with E-state index in [2.05, 4.69) is 10.8 Å². The van der Waals surface area contributed by atoms with Crippen LogP contribution in [-0.2, 0) is 37.0 Å². The van der Waals surface area contributed by atoms with Gasteiger partial charge in [0.25, 0.3) is 0 Å². The number of aromatic hydroxyl groups is 1. The molecule has 2 saturated carbocycles. The second-order valence-corrected chi connectivity index (χ2v) is 9.76. The Kier molecular flexibility index (Phi) is 6.28. The Labute approximate surface area is 201 Å². The summed E-state index contributed by atoms with van der Waals surface area (Å²) < 4.78 is 0. The molecule has 11 heteroatoms. The number of amides is 1. The van der Waals surface area contributed by atoms with Gasteiger partial charge in [0.05, 0.1) is 17.6 Å². The van der Waals surface area contributed by atoms with Gasteiger partial charge < -0.3 is 21.3 Å². The Hall–Kier alpha value is -3.15. The minimum atomic E-state index is -2.66. The van der Waals surface area contributed by atoms with Gasteiger partial charge in [-0.25, -0.2) is 0 Å². The Morgan fingerprint density at radius 3 is 2.51 bits per heavy atom. The van der Waals surface area contributed by atoms with Crippen molar-refractivity contribution < 1.29 is 39.0 Å². The van der Waals surface area contributed by atoms with Crippen LogP contribution in [0.5, 0.6) is 5.75 Å². The van der Waals surface area contributed by atoms with Crippen LogP contribution in [0.2, 0.25) is 0 Å². The summed E-state index contributed by atoms with van der Waals surface area (Å²) >= 11 is 0. The Morgan fingerprint density at radius 1 is 1.23 bits per heavy atom. The van der Waals surface area contributed by atoms with E-state index in [1.54, 1.807) is 13.1 Å². The van der Waals surface area contributed by atoms with E-state index in [0.717, 1.165) is 0 Å². The van der Waals surface area contributed by atoms with Crippen molar-refractivity contribution in [2.45, 2.75) is 51.4 Å². The fourth-order valence-electron chi connectivity index (χ4n) is 5.73. The second kappa shape index (κ2) is 8.81. The maximum Gasteiger partial charge on any atom is 0.235 e. The van der Waals surface area contributed by atoms with E-state index in [0.29, 0.717) is 16.8 Å². The van der Waals surface area contributed by atoms with Gasteiger partial charge >= 0.3 is 0 Å². The predicted octanol–water partition coefficient (Wildman–Crippen LogP) is -0.202. The molecule has 0 spiro atoms. The number of phenolic OH excluding ortho intramolecular Hbond substituents is 1. The number of hydroxylamine groups is 1. The van der Waals surface area contributed by atoms with Crippen LogP contribution in [0.25, 0.3) is 0 Å². The number of carbonyl (C=O) groups excluding carboxylic acids is 5. The zero-order valence-corrected chi connectivity index (χ0v) is 19.7. The normalized spacial score (nSPS) is 30.1. The molecule has 6 N–H and O–H groups in total. The van der Waals surface area contributed by atoms with Gasteiger partial charge in [-0.15, -0.1) is 0 Å². The number of benzene rings is 1. The number of ketones is 4. The van der Waals surface area contributed by atoms with Gasteiger partial charge in [-0.3, -0.25) is 28.8 Å². The number of phenols is 1. The first kappa shape index (κ1) is 25.0. The van der Waals surface area contributed by atoms with Gasteiger partial charge in [0.1, 0.15) is 5.75 Å². The molecule has 0 radical (unpaired) electrons. The number of hydrogen-bond acceptors (Lipinski definition) is 10. The molecule has 0 heterocycles. The van der Waals surface area contributed by atoms with E-state index < -0.39 is 58.3 Å². The van der Waals surface area contributed by atoms with Crippen LogP contribution in [0.1, 0.15) is 48.2 Å². The highest BCUT2D eigenvalue weighted by Crippen LogP contribution is 2.51. The van der Waals surface area contributed by atoms with Crippen molar-refractivity contribution in [3.63, 3.8) is 0 Å². The SMILES string of the molecule is CNc1cc(CNOC(C)C)c(O)c2c1CC1CC3CC(=O)C(C(N)=O)C(=O)[C@@]3(O)C(=O)C1C2=O. The van der Waals surface area contributed by atoms with Crippen molar-refractivity contribution in [1.82, 2.24) is 5.48 Å². The van der Waals surface area contributed by atoms with Gasteiger partial charge in [0.15, 0.2) is 34.7 Å².